The first-order valence-electron chi connectivity index (χ1n) is 6.37. The van der Waals surface area contributed by atoms with Crippen molar-refractivity contribution in [2.75, 3.05) is 6.61 Å². The topological polar surface area (TPSA) is 93.9 Å². The number of carbonyl (C=O) groups excluding carboxylic acids is 1. The van der Waals surface area contributed by atoms with E-state index in [-0.39, 0.29) is 17.1 Å². The summed E-state index contributed by atoms with van der Waals surface area (Å²) in [5.74, 6) is -2.66. The van der Waals surface area contributed by atoms with Crippen LogP contribution in [0.3, 0.4) is 0 Å². The minimum absolute atomic E-state index is 0.0753. The first-order valence-corrected chi connectivity index (χ1v) is 6.37. The highest BCUT2D eigenvalue weighted by atomic mass is 19.1. The van der Waals surface area contributed by atoms with Crippen LogP contribution in [0.4, 0.5) is 8.78 Å². The first-order chi connectivity index (χ1) is 10.0. The van der Waals surface area contributed by atoms with Crippen LogP contribution >= 0.6 is 0 Å². The van der Waals surface area contributed by atoms with Crippen LogP contribution in [0, 0.1) is 11.6 Å². The molecule has 8 heteroatoms. The van der Waals surface area contributed by atoms with Gasteiger partial charge in [0.25, 0.3) is 5.91 Å². The molecule has 0 aliphatic carbocycles. The number of aromatic nitrogens is 3. The number of carbonyl (C=O) groups is 1. The molecule has 0 radical (unpaired) electrons. The predicted molar refractivity (Wildman–Crippen MR) is 70.7 cm³/mol. The number of halogens is 2. The Morgan fingerprint density at radius 3 is 2.57 bits per heavy atom. The summed E-state index contributed by atoms with van der Waals surface area (Å²) in [5, 5.41) is 9.18. The molecular formula is C13H14F2N4O2. The third kappa shape index (κ3) is 3.15. The van der Waals surface area contributed by atoms with Crippen molar-refractivity contribution < 1.29 is 18.3 Å². The van der Waals surface area contributed by atoms with Gasteiger partial charge in [0, 0.05) is 12.1 Å². The molecule has 6 nitrogen and oxygen atoms in total. The second-order valence-corrected chi connectivity index (χ2v) is 4.35. The number of rotatable bonds is 6. The molecule has 0 saturated heterocycles. The molecule has 3 N–H and O–H groups in total. The normalized spacial score (nSPS) is 10.6. The molecule has 0 aliphatic heterocycles. The fraction of sp³-hybridized carbons (Fsp3) is 0.308. The van der Waals surface area contributed by atoms with Crippen LogP contribution in [0.5, 0.6) is 5.75 Å². The number of ether oxygens (including phenoxy) is 1. The molecule has 1 heterocycles. The Morgan fingerprint density at radius 2 is 2.00 bits per heavy atom. The quantitative estimate of drug-likeness (QED) is 0.797. The fourth-order valence-electron chi connectivity index (χ4n) is 1.77. The number of nitrogens with zero attached hydrogens (tertiary/aromatic N) is 2. The molecular weight excluding hydrogens is 282 g/mol. The summed E-state index contributed by atoms with van der Waals surface area (Å²) in [6.45, 7) is 2.34. The van der Waals surface area contributed by atoms with E-state index in [4.69, 9.17) is 10.5 Å². The summed E-state index contributed by atoms with van der Waals surface area (Å²) in [6.07, 6.45) is 1.68. The molecule has 2 rings (SSSR count). The molecule has 0 aliphatic rings. The number of H-pyrrole nitrogens is 1. The Balaban J connectivity index is 2.37. The van der Waals surface area contributed by atoms with Crippen molar-refractivity contribution in [3.63, 3.8) is 0 Å². The molecule has 1 amide bonds. The van der Waals surface area contributed by atoms with Gasteiger partial charge in [-0.25, -0.2) is 8.78 Å². The maximum absolute atomic E-state index is 14.1. The smallest absolute Gasteiger partial charge is 0.271 e. The number of hydrogen-bond donors (Lipinski definition) is 2. The molecule has 0 fully saturated rings. The van der Waals surface area contributed by atoms with E-state index < -0.39 is 23.1 Å². The Kier molecular flexibility index (Phi) is 4.46. The lowest BCUT2D eigenvalue weighted by molar-refractivity contribution is 0.0996. The average molecular weight is 296 g/mol. The zero-order chi connectivity index (χ0) is 15.4. The van der Waals surface area contributed by atoms with Gasteiger partial charge in [-0.2, -0.15) is 15.4 Å². The monoisotopic (exact) mass is 296 g/mol. The van der Waals surface area contributed by atoms with Crippen LogP contribution in [0.2, 0.25) is 0 Å². The molecule has 0 spiro atoms. The van der Waals surface area contributed by atoms with E-state index in [0.29, 0.717) is 6.61 Å². The second kappa shape index (κ2) is 6.29. The fourth-order valence-corrected chi connectivity index (χ4v) is 1.77. The van der Waals surface area contributed by atoms with Gasteiger partial charge in [0.1, 0.15) is 23.1 Å². The second-order valence-electron chi connectivity index (χ2n) is 4.35. The maximum Gasteiger partial charge on any atom is 0.271 e. The number of primary amides is 1. The van der Waals surface area contributed by atoms with Crippen LogP contribution in [-0.2, 0) is 0 Å². The summed E-state index contributed by atoms with van der Waals surface area (Å²) >= 11 is 0. The Hall–Kier alpha value is -2.51. The van der Waals surface area contributed by atoms with Crippen molar-refractivity contribution in [3.8, 4) is 17.0 Å². The van der Waals surface area contributed by atoms with E-state index in [1.807, 2.05) is 6.92 Å². The lowest BCUT2D eigenvalue weighted by Crippen LogP contribution is -2.13. The van der Waals surface area contributed by atoms with Gasteiger partial charge in [0.15, 0.2) is 5.69 Å². The predicted octanol–water partition coefficient (Wildman–Crippen LogP) is 2.03. The van der Waals surface area contributed by atoms with Crippen LogP contribution in [0.15, 0.2) is 12.1 Å². The third-order valence-corrected chi connectivity index (χ3v) is 2.80. The minimum Gasteiger partial charge on any atom is -0.493 e. The van der Waals surface area contributed by atoms with Gasteiger partial charge in [0.05, 0.1) is 12.2 Å². The number of amides is 1. The number of aromatic amines is 1. The SMILES string of the molecule is CCCCOc1cc(F)c(-c2n[nH]nc2C(N)=O)c(F)c1. The van der Waals surface area contributed by atoms with Crippen LogP contribution in [0.25, 0.3) is 11.3 Å². The molecule has 21 heavy (non-hydrogen) atoms. The zero-order valence-corrected chi connectivity index (χ0v) is 11.3. The van der Waals surface area contributed by atoms with E-state index >= 15 is 0 Å². The van der Waals surface area contributed by atoms with Crippen molar-refractivity contribution in [2.45, 2.75) is 19.8 Å². The number of benzene rings is 1. The number of nitrogens with one attached hydrogen (secondary N) is 1. The van der Waals surface area contributed by atoms with Crippen LogP contribution in [-0.4, -0.2) is 27.9 Å². The molecule has 112 valence electrons. The summed E-state index contributed by atoms with van der Waals surface area (Å²) in [6, 6.07) is 2.07. The molecule has 1 aromatic carbocycles. The van der Waals surface area contributed by atoms with Gasteiger partial charge < -0.3 is 10.5 Å². The van der Waals surface area contributed by atoms with Gasteiger partial charge in [0.2, 0.25) is 0 Å². The Bertz CT molecular complexity index is 634. The highest BCUT2D eigenvalue weighted by Gasteiger charge is 2.22. The number of hydrogen-bond acceptors (Lipinski definition) is 4. The molecule has 0 saturated carbocycles. The third-order valence-electron chi connectivity index (χ3n) is 2.80. The first kappa shape index (κ1) is 14.9. The zero-order valence-electron chi connectivity index (χ0n) is 11.3. The maximum atomic E-state index is 14.1. The summed E-state index contributed by atoms with van der Waals surface area (Å²) < 4.78 is 33.4. The Morgan fingerprint density at radius 1 is 1.33 bits per heavy atom. The molecule has 1 aromatic heterocycles. The van der Waals surface area contributed by atoms with E-state index in [0.717, 1.165) is 25.0 Å². The number of nitrogens with two attached hydrogens (primary N) is 1. The van der Waals surface area contributed by atoms with Gasteiger partial charge in [-0.1, -0.05) is 13.3 Å². The largest absolute Gasteiger partial charge is 0.493 e. The summed E-state index contributed by atoms with van der Waals surface area (Å²) in [5.41, 5.74) is 4.01. The minimum atomic E-state index is -0.930. The summed E-state index contributed by atoms with van der Waals surface area (Å²) in [4.78, 5) is 11.2. The number of unbranched alkanes of at least 4 members (excludes halogenated alkanes) is 1. The van der Waals surface area contributed by atoms with Crippen LogP contribution < -0.4 is 10.5 Å². The van der Waals surface area contributed by atoms with Crippen molar-refractivity contribution in [1.29, 1.82) is 0 Å². The molecule has 0 atom stereocenters. The van der Waals surface area contributed by atoms with E-state index in [1.165, 1.54) is 0 Å². The van der Waals surface area contributed by atoms with Crippen LogP contribution in [0.1, 0.15) is 30.3 Å². The van der Waals surface area contributed by atoms with Crippen molar-refractivity contribution in [2.24, 2.45) is 5.73 Å². The average Bonchev–Trinajstić information content (AvgIpc) is 2.87. The standard InChI is InChI=1S/C13H14F2N4O2/c1-2-3-4-21-7-5-8(14)10(9(15)6-7)11-12(13(16)20)18-19-17-11/h5-6H,2-4H2,1H3,(H2,16,20)(H,17,18,19). The molecule has 2 aromatic rings. The van der Waals surface area contributed by atoms with Crippen molar-refractivity contribution >= 4 is 5.91 Å². The van der Waals surface area contributed by atoms with Gasteiger partial charge >= 0.3 is 0 Å². The lowest BCUT2D eigenvalue weighted by atomic mass is 10.1. The van der Waals surface area contributed by atoms with Gasteiger partial charge in [-0.15, -0.1) is 0 Å². The van der Waals surface area contributed by atoms with Crippen molar-refractivity contribution in [1.82, 2.24) is 15.4 Å². The lowest BCUT2D eigenvalue weighted by Gasteiger charge is -2.08. The van der Waals surface area contributed by atoms with Gasteiger partial charge in [-0.3, -0.25) is 4.79 Å². The highest BCUT2D eigenvalue weighted by molar-refractivity contribution is 5.96. The van der Waals surface area contributed by atoms with E-state index in [1.54, 1.807) is 0 Å². The molecule has 0 unspecified atom stereocenters. The Labute approximate surface area is 119 Å². The molecule has 0 bridgehead atoms. The van der Waals surface area contributed by atoms with Gasteiger partial charge in [-0.05, 0) is 6.42 Å². The summed E-state index contributed by atoms with van der Waals surface area (Å²) in [7, 11) is 0. The van der Waals surface area contributed by atoms with E-state index in [2.05, 4.69) is 15.4 Å². The van der Waals surface area contributed by atoms with Crippen molar-refractivity contribution in [3.05, 3.63) is 29.5 Å². The highest BCUT2D eigenvalue weighted by Crippen LogP contribution is 2.29. The van der Waals surface area contributed by atoms with E-state index in [9.17, 15) is 13.6 Å².